The fourth-order valence-electron chi connectivity index (χ4n) is 2.93. The lowest BCUT2D eigenvalue weighted by molar-refractivity contribution is -0.114. The van der Waals surface area contributed by atoms with Crippen LogP contribution in [0.5, 0.6) is 5.88 Å². The third-order valence-electron chi connectivity index (χ3n) is 4.42. The number of halogens is 2. The molecule has 0 saturated carbocycles. The van der Waals surface area contributed by atoms with Gasteiger partial charge in [0.25, 0.3) is 11.5 Å². The van der Waals surface area contributed by atoms with Crippen LogP contribution in [0.15, 0.2) is 64.0 Å². The Morgan fingerprint density at radius 1 is 0.966 bits per heavy atom. The van der Waals surface area contributed by atoms with Crippen LogP contribution in [0, 0.1) is 0 Å². The first-order chi connectivity index (χ1) is 13.8. The van der Waals surface area contributed by atoms with Crippen molar-refractivity contribution in [1.29, 1.82) is 0 Å². The molecule has 1 aliphatic heterocycles. The van der Waals surface area contributed by atoms with Gasteiger partial charge in [-0.3, -0.25) is 14.7 Å². The number of carbonyl (C=O) groups is 1. The molecular formula is C20H14Cl2N4O3. The second-order valence-corrected chi connectivity index (χ2v) is 7.20. The molecule has 7 nitrogen and oxygen atoms in total. The number of hydrogen-bond donors (Lipinski definition) is 2. The number of hydrogen-bond acceptors (Lipinski definition) is 4. The highest BCUT2D eigenvalue weighted by Crippen LogP contribution is 2.28. The molecule has 0 saturated heterocycles. The maximum absolute atomic E-state index is 12.8. The van der Waals surface area contributed by atoms with E-state index in [0.717, 1.165) is 0 Å². The molecule has 2 heterocycles. The van der Waals surface area contributed by atoms with Gasteiger partial charge in [0, 0.05) is 10.0 Å². The van der Waals surface area contributed by atoms with Crippen molar-refractivity contribution in [3.63, 3.8) is 0 Å². The van der Waals surface area contributed by atoms with E-state index in [9.17, 15) is 14.7 Å². The van der Waals surface area contributed by atoms with E-state index in [1.165, 1.54) is 15.8 Å². The van der Waals surface area contributed by atoms with Gasteiger partial charge < -0.3 is 5.11 Å². The van der Waals surface area contributed by atoms with Crippen molar-refractivity contribution in [3.05, 3.63) is 80.1 Å². The van der Waals surface area contributed by atoms with Crippen molar-refractivity contribution in [3.8, 4) is 11.6 Å². The number of aromatic nitrogens is 2. The van der Waals surface area contributed by atoms with E-state index < -0.39 is 11.5 Å². The number of H-pyrrole nitrogens is 1. The highest BCUT2D eigenvalue weighted by Gasteiger charge is 2.30. The van der Waals surface area contributed by atoms with Gasteiger partial charge in [0.2, 0.25) is 5.88 Å². The Morgan fingerprint density at radius 3 is 2.10 bits per heavy atom. The second kappa shape index (κ2) is 7.27. The average Bonchev–Trinajstić information content (AvgIpc) is 3.14. The summed E-state index contributed by atoms with van der Waals surface area (Å²) in [6.07, 6.45) is 1.33. The lowest BCUT2D eigenvalue weighted by Gasteiger charge is -2.11. The van der Waals surface area contributed by atoms with E-state index in [1.54, 1.807) is 55.5 Å². The summed E-state index contributed by atoms with van der Waals surface area (Å²) in [7, 11) is 0. The van der Waals surface area contributed by atoms with E-state index in [1.807, 2.05) is 0 Å². The number of rotatable bonds is 3. The molecule has 1 aliphatic rings. The lowest BCUT2D eigenvalue weighted by Crippen LogP contribution is -2.21. The van der Waals surface area contributed by atoms with Crippen molar-refractivity contribution >= 4 is 46.6 Å². The van der Waals surface area contributed by atoms with Crippen LogP contribution in [-0.4, -0.2) is 26.5 Å². The van der Waals surface area contributed by atoms with Gasteiger partial charge >= 0.3 is 0 Å². The molecule has 0 unspecified atom stereocenters. The van der Waals surface area contributed by atoms with Gasteiger partial charge in [-0.05, 0) is 61.5 Å². The first kappa shape index (κ1) is 19.0. The summed E-state index contributed by atoms with van der Waals surface area (Å²) >= 11 is 11.8. The molecule has 2 N–H and O–H groups in total. The summed E-state index contributed by atoms with van der Waals surface area (Å²) in [5, 5.41) is 19.6. The number of amides is 1. The molecule has 29 heavy (non-hydrogen) atoms. The quantitative estimate of drug-likeness (QED) is 0.617. The zero-order valence-electron chi connectivity index (χ0n) is 15.1. The van der Waals surface area contributed by atoms with Crippen LogP contribution in [0.2, 0.25) is 10.0 Å². The van der Waals surface area contributed by atoms with Gasteiger partial charge in [0.15, 0.2) is 0 Å². The molecule has 9 heteroatoms. The summed E-state index contributed by atoms with van der Waals surface area (Å²) < 4.78 is 1.22. The molecule has 0 radical (unpaired) electrons. The number of carbonyl (C=O) groups excluding carboxylic acids is 1. The Morgan fingerprint density at radius 2 is 1.52 bits per heavy atom. The van der Waals surface area contributed by atoms with Crippen molar-refractivity contribution in [2.24, 2.45) is 5.10 Å². The fourth-order valence-corrected chi connectivity index (χ4v) is 3.18. The molecule has 1 aromatic heterocycles. The predicted molar refractivity (Wildman–Crippen MR) is 113 cm³/mol. The van der Waals surface area contributed by atoms with Crippen LogP contribution in [0.4, 0.5) is 5.69 Å². The van der Waals surface area contributed by atoms with Crippen LogP contribution in [-0.2, 0) is 4.79 Å². The van der Waals surface area contributed by atoms with Crippen LogP contribution >= 0.6 is 23.2 Å². The minimum absolute atomic E-state index is 0.0455. The monoisotopic (exact) mass is 428 g/mol. The largest absolute Gasteiger partial charge is 0.493 e. The molecule has 0 spiro atoms. The number of nitrogens with one attached hydrogen (secondary N) is 1. The normalized spacial score (nSPS) is 15.3. The minimum atomic E-state index is -0.546. The van der Waals surface area contributed by atoms with Crippen LogP contribution in [0.1, 0.15) is 12.5 Å². The number of benzene rings is 2. The maximum Gasteiger partial charge on any atom is 0.280 e. The number of hydrazone groups is 1. The van der Waals surface area contributed by atoms with E-state index in [0.29, 0.717) is 27.1 Å². The van der Waals surface area contributed by atoms with E-state index in [4.69, 9.17) is 23.2 Å². The SMILES string of the molecule is CC1=NN(c2ccc(Cl)cc2)C(=O)/C1=C/c1c(O)n(-c2ccc(Cl)cc2)[nH]c1=O. The minimum Gasteiger partial charge on any atom is -0.493 e. The molecule has 2 aromatic carbocycles. The van der Waals surface area contributed by atoms with Crippen LogP contribution in [0.25, 0.3) is 11.8 Å². The second-order valence-electron chi connectivity index (χ2n) is 6.33. The Balaban J connectivity index is 1.72. The summed E-state index contributed by atoms with van der Waals surface area (Å²) in [4.78, 5) is 25.2. The number of anilines is 1. The first-order valence-electron chi connectivity index (χ1n) is 8.52. The van der Waals surface area contributed by atoms with E-state index in [2.05, 4.69) is 10.2 Å². The zero-order valence-corrected chi connectivity index (χ0v) is 16.6. The maximum atomic E-state index is 12.8. The predicted octanol–water partition coefficient (Wildman–Crippen LogP) is 3.98. The highest BCUT2D eigenvalue weighted by atomic mass is 35.5. The summed E-state index contributed by atoms with van der Waals surface area (Å²) in [6, 6.07) is 13.2. The molecule has 4 rings (SSSR count). The smallest absolute Gasteiger partial charge is 0.280 e. The molecule has 1 amide bonds. The Labute approximate surface area is 175 Å². The Hall–Kier alpha value is -3.29. The Kier molecular flexibility index (Phi) is 4.77. The van der Waals surface area contributed by atoms with E-state index in [-0.39, 0.29) is 17.0 Å². The summed E-state index contributed by atoms with van der Waals surface area (Å²) in [5.74, 6) is -0.738. The number of nitrogens with zero attached hydrogens (tertiary/aromatic N) is 3. The van der Waals surface area contributed by atoms with Gasteiger partial charge in [0.05, 0.1) is 22.7 Å². The van der Waals surface area contributed by atoms with Gasteiger partial charge in [-0.15, -0.1) is 0 Å². The fraction of sp³-hybridized carbons (Fsp3) is 0.0500. The third-order valence-corrected chi connectivity index (χ3v) is 4.92. The molecule has 0 atom stereocenters. The summed E-state index contributed by atoms with van der Waals surface area (Å²) in [5.41, 5.74) is 1.09. The van der Waals surface area contributed by atoms with Crippen LogP contribution < -0.4 is 10.6 Å². The molecule has 146 valence electrons. The standard InChI is InChI=1S/C20H14Cl2N4O3/c1-11-16(19(28)25(23-11)14-6-2-12(21)3-7-14)10-17-18(27)24-26(20(17)29)15-8-4-13(22)5-9-15/h2-10,29H,1H3,(H,24,27)/b16-10+. The van der Waals surface area contributed by atoms with Crippen molar-refractivity contribution < 1.29 is 9.90 Å². The number of aromatic amines is 1. The zero-order chi connectivity index (χ0) is 20.7. The topological polar surface area (TPSA) is 90.7 Å². The van der Waals surface area contributed by atoms with Crippen molar-refractivity contribution in [1.82, 2.24) is 9.78 Å². The molecule has 0 aliphatic carbocycles. The van der Waals surface area contributed by atoms with Gasteiger partial charge in [-0.25, -0.2) is 4.68 Å². The first-order valence-corrected chi connectivity index (χ1v) is 9.28. The van der Waals surface area contributed by atoms with Gasteiger partial charge in [0.1, 0.15) is 5.56 Å². The molecule has 3 aromatic rings. The summed E-state index contributed by atoms with van der Waals surface area (Å²) in [6.45, 7) is 1.65. The third kappa shape index (κ3) is 3.46. The Bertz CT molecular complexity index is 1220. The van der Waals surface area contributed by atoms with E-state index >= 15 is 0 Å². The lowest BCUT2D eigenvalue weighted by atomic mass is 10.1. The average molecular weight is 429 g/mol. The number of aromatic hydroxyl groups is 1. The van der Waals surface area contributed by atoms with Gasteiger partial charge in [-0.1, -0.05) is 23.2 Å². The molecule has 0 fully saturated rings. The molecule has 0 bridgehead atoms. The van der Waals surface area contributed by atoms with Crippen LogP contribution in [0.3, 0.4) is 0 Å². The van der Waals surface area contributed by atoms with Gasteiger partial charge in [-0.2, -0.15) is 10.1 Å². The van der Waals surface area contributed by atoms with Crippen molar-refractivity contribution in [2.45, 2.75) is 6.92 Å². The van der Waals surface area contributed by atoms with Crippen molar-refractivity contribution in [2.75, 3.05) is 5.01 Å². The molecular weight excluding hydrogens is 415 g/mol. The highest BCUT2D eigenvalue weighted by molar-refractivity contribution is 6.33.